The maximum atomic E-state index is 13.8. The molecule has 11 nitrogen and oxygen atoms in total. The lowest BCUT2D eigenvalue weighted by molar-refractivity contribution is 0.0964. The van der Waals surface area contributed by atoms with E-state index in [-0.39, 0.29) is 28.4 Å². The third-order valence-electron chi connectivity index (χ3n) is 8.30. The first-order chi connectivity index (χ1) is 22.6. The van der Waals surface area contributed by atoms with Gasteiger partial charge in [0.1, 0.15) is 23.0 Å². The summed E-state index contributed by atoms with van der Waals surface area (Å²) in [6, 6.07) is 20.6. The number of hydrogen-bond donors (Lipinski definition) is 2. The SMILES string of the molecule is CNC(=O)c1c(-c2ccc(F)cc2)oc2cc(N(C)S(C)(=O)=O)c(-c3nc(-c4cc5ccccc5[nH]4)cc(N4CCOCC4)n3)cc12. The minimum atomic E-state index is -3.76. The monoisotopic (exact) mass is 654 g/mol. The number of ether oxygens (including phenoxy) is 1. The van der Waals surface area contributed by atoms with Gasteiger partial charge in [-0.3, -0.25) is 9.10 Å². The lowest BCUT2D eigenvalue weighted by Gasteiger charge is -2.28. The number of sulfonamides is 1. The van der Waals surface area contributed by atoms with Crippen molar-refractivity contribution in [2.75, 3.05) is 55.9 Å². The van der Waals surface area contributed by atoms with Crippen molar-refractivity contribution in [1.29, 1.82) is 0 Å². The van der Waals surface area contributed by atoms with Crippen LogP contribution in [0.5, 0.6) is 0 Å². The molecule has 1 amide bonds. The zero-order chi connectivity index (χ0) is 32.9. The number of carbonyl (C=O) groups is 1. The van der Waals surface area contributed by atoms with E-state index in [0.717, 1.165) is 27.2 Å². The highest BCUT2D eigenvalue weighted by Crippen LogP contribution is 2.41. The predicted octanol–water partition coefficient (Wildman–Crippen LogP) is 5.44. The molecule has 4 heterocycles. The summed E-state index contributed by atoms with van der Waals surface area (Å²) < 4.78 is 52.7. The van der Waals surface area contributed by atoms with E-state index in [2.05, 4.69) is 15.2 Å². The first kappa shape index (κ1) is 30.4. The fourth-order valence-corrected chi connectivity index (χ4v) is 6.27. The minimum Gasteiger partial charge on any atom is -0.455 e. The normalized spacial score (nSPS) is 13.7. The number of halogens is 1. The van der Waals surface area contributed by atoms with Crippen LogP contribution in [0.1, 0.15) is 10.4 Å². The number of hydrogen-bond acceptors (Lipinski definition) is 8. The molecule has 13 heteroatoms. The highest BCUT2D eigenvalue weighted by molar-refractivity contribution is 7.92. The van der Waals surface area contributed by atoms with Gasteiger partial charge in [-0.15, -0.1) is 0 Å². The van der Waals surface area contributed by atoms with Crippen molar-refractivity contribution in [2.45, 2.75) is 0 Å². The number of H-pyrrole nitrogens is 1. The molecule has 2 N–H and O–H groups in total. The Bertz CT molecular complexity index is 2230. The first-order valence-electron chi connectivity index (χ1n) is 14.9. The number of benzene rings is 3. The van der Waals surface area contributed by atoms with Crippen molar-refractivity contribution in [3.63, 3.8) is 0 Å². The van der Waals surface area contributed by atoms with Crippen molar-refractivity contribution in [1.82, 2.24) is 20.3 Å². The van der Waals surface area contributed by atoms with E-state index in [1.807, 2.05) is 36.4 Å². The smallest absolute Gasteiger partial charge is 0.255 e. The zero-order valence-corrected chi connectivity index (χ0v) is 26.7. The Hall–Kier alpha value is -5.27. The van der Waals surface area contributed by atoms with E-state index in [4.69, 9.17) is 19.1 Å². The number of anilines is 2. The fourth-order valence-electron chi connectivity index (χ4n) is 5.76. The molecule has 1 saturated heterocycles. The molecule has 6 aromatic rings. The summed E-state index contributed by atoms with van der Waals surface area (Å²) in [5.74, 6) is 0.244. The summed E-state index contributed by atoms with van der Waals surface area (Å²) in [5.41, 5.74) is 3.88. The number of aromatic amines is 1. The van der Waals surface area contributed by atoms with Gasteiger partial charge < -0.3 is 24.4 Å². The Morgan fingerprint density at radius 2 is 1.77 bits per heavy atom. The molecule has 0 unspecified atom stereocenters. The van der Waals surface area contributed by atoms with Gasteiger partial charge in [-0.2, -0.15) is 0 Å². The van der Waals surface area contributed by atoms with Gasteiger partial charge in [0, 0.05) is 66.7 Å². The number of para-hydroxylation sites is 1. The molecule has 1 aliphatic rings. The molecule has 1 aliphatic heterocycles. The molecule has 3 aromatic heterocycles. The van der Waals surface area contributed by atoms with E-state index < -0.39 is 21.7 Å². The molecule has 0 saturated carbocycles. The lowest BCUT2D eigenvalue weighted by Crippen LogP contribution is -2.36. The van der Waals surface area contributed by atoms with Crippen LogP contribution >= 0.6 is 0 Å². The number of rotatable bonds is 7. The van der Waals surface area contributed by atoms with Crippen LogP contribution in [0, 0.1) is 5.82 Å². The third kappa shape index (κ3) is 5.68. The van der Waals surface area contributed by atoms with Crippen LogP contribution < -0.4 is 14.5 Å². The summed E-state index contributed by atoms with van der Waals surface area (Å²) in [4.78, 5) is 28.8. The number of carbonyl (C=O) groups excluding carboxylic acids is 1. The summed E-state index contributed by atoms with van der Waals surface area (Å²) in [7, 11) is -0.822. The largest absolute Gasteiger partial charge is 0.455 e. The lowest BCUT2D eigenvalue weighted by atomic mass is 10.0. The number of fused-ring (bicyclic) bond motifs is 2. The molecule has 7 rings (SSSR count). The maximum absolute atomic E-state index is 13.8. The topological polar surface area (TPSA) is 134 Å². The second-order valence-electron chi connectivity index (χ2n) is 11.3. The Morgan fingerprint density at radius 3 is 2.47 bits per heavy atom. The number of nitrogens with zero attached hydrogens (tertiary/aromatic N) is 4. The average Bonchev–Trinajstić information content (AvgIpc) is 3.69. The Labute approximate surface area is 270 Å². The van der Waals surface area contributed by atoms with Gasteiger partial charge in [0.2, 0.25) is 10.0 Å². The summed E-state index contributed by atoms with van der Waals surface area (Å²) in [6.45, 7) is 2.29. The van der Waals surface area contributed by atoms with Crippen molar-refractivity contribution in [3.8, 4) is 34.1 Å². The molecule has 1 fully saturated rings. The van der Waals surface area contributed by atoms with Crippen LogP contribution in [0.3, 0.4) is 0 Å². The van der Waals surface area contributed by atoms with Crippen LogP contribution in [0.15, 0.2) is 77.2 Å². The van der Waals surface area contributed by atoms with Crippen LogP contribution in [-0.4, -0.2) is 75.9 Å². The fraction of sp³-hybridized carbons (Fsp3) is 0.206. The van der Waals surface area contributed by atoms with Gasteiger partial charge >= 0.3 is 0 Å². The molecule has 0 radical (unpaired) electrons. The quantitative estimate of drug-likeness (QED) is 0.233. The standard InChI is InChI=1S/C34H31FN6O5S/c1-36-34(42)31-24-17-23(28(40(2)47(3,43)44)19-29(24)46-32(31)20-8-10-22(35)11-9-20)33-38-27(18-30(39-33)41-12-14-45-15-13-41)26-16-21-6-4-5-7-25(21)37-26/h4-11,16-19,37H,12-15H2,1-3H3,(H,36,42). The summed E-state index contributed by atoms with van der Waals surface area (Å²) in [5, 5.41) is 4.09. The minimum absolute atomic E-state index is 0.212. The van der Waals surface area contributed by atoms with Gasteiger partial charge in [0.05, 0.1) is 42.1 Å². The first-order valence-corrected chi connectivity index (χ1v) is 16.8. The number of nitrogens with one attached hydrogen (secondary N) is 2. The van der Waals surface area contributed by atoms with E-state index >= 15 is 0 Å². The average molecular weight is 655 g/mol. The predicted molar refractivity (Wildman–Crippen MR) is 180 cm³/mol. The van der Waals surface area contributed by atoms with Gasteiger partial charge in [0.15, 0.2) is 5.82 Å². The van der Waals surface area contributed by atoms with E-state index in [1.54, 1.807) is 12.1 Å². The number of furan rings is 1. The highest BCUT2D eigenvalue weighted by Gasteiger charge is 2.28. The van der Waals surface area contributed by atoms with Gasteiger partial charge in [-0.05, 0) is 42.5 Å². The van der Waals surface area contributed by atoms with E-state index in [9.17, 15) is 17.6 Å². The molecular formula is C34H31FN6O5S. The van der Waals surface area contributed by atoms with Crippen LogP contribution in [0.25, 0.3) is 56.0 Å². The molecule has 0 bridgehead atoms. The number of amides is 1. The Balaban J connectivity index is 1.51. The van der Waals surface area contributed by atoms with E-state index in [0.29, 0.717) is 54.3 Å². The summed E-state index contributed by atoms with van der Waals surface area (Å²) in [6.07, 6.45) is 1.10. The zero-order valence-electron chi connectivity index (χ0n) is 25.9. The van der Waals surface area contributed by atoms with Crippen LogP contribution in [0.4, 0.5) is 15.9 Å². The molecule has 0 spiro atoms. The van der Waals surface area contributed by atoms with Crippen molar-refractivity contribution in [3.05, 3.63) is 84.2 Å². The molecule has 0 atom stereocenters. The second-order valence-corrected chi connectivity index (χ2v) is 13.3. The summed E-state index contributed by atoms with van der Waals surface area (Å²) >= 11 is 0. The Kier molecular flexibility index (Phi) is 7.65. The van der Waals surface area contributed by atoms with Crippen molar-refractivity contribution >= 4 is 49.3 Å². The van der Waals surface area contributed by atoms with Gasteiger partial charge in [-0.25, -0.2) is 22.8 Å². The van der Waals surface area contributed by atoms with E-state index in [1.165, 1.54) is 38.4 Å². The maximum Gasteiger partial charge on any atom is 0.255 e. The third-order valence-corrected chi connectivity index (χ3v) is 9.49. The molecule has 3 aromatic carbocycles. The molecular weight excluding hydrogens is 623 g/mol. The van der Waals surface area contributed by atoms with Crippen molar-refractivity contribution < 1.29 is 26.8 Å². The van der Waals surface area contributed by atoms with Crippen LogP contribution in [0.2, 0.25) is 0 Å². The highest BCUT2D eigenvalue weighted by atomic mass is 32.2. The number of aromatic nitrogens is 3. The molecule has 240 valence electrons. The molecule has 0 aliphatic carbocycles. The molecule has 47 heavy (non-hydrogen) atoms. The van der Waals surface area contributed by atoms with Gasteiger partial charge in [-0.1, -0.05) is 18.2 Å². The van der Waals surface area contributed by atoms with Gasteiger partial charge in [0.25, 0.3) is 5.91 Å². The van der Waals surface area contributed by atoms with Crippen LogP contribution in [-0.2, 0) is 14.8 Å². The number of morpholine rings is 1. The second kappa shape index (κ2) is 11.8. The Morgan fingerprint density at radius 1 is 1.02 bits per heavy atom. The van der Waals surface area contributed by atoms with Crippen molar-refractivity contribution in [2.24, 2.45) is 0 Å².